The number of hydrogen-bond donors (Lipinski definition) is 4. The van der Waals surface area contributed by atoms with Gasteiger partial charge < -0.3 is 20.4 Å². The summed E-state index contributed by atoms with van der Waals surface area (Å²) in [5.41, 5.74) is 10.8. The summed E-state index contributed by atoms with van der Waals surface area (Å²) in [5, 5.41) is 5.34. The third-order valence-electron chi connectivity index (χ3n) is 12.7. The summed E-state index contributed by atoms with van der Waals surface area (Å²) in [4.78, 5) is 31.0. The van der Waals surface area contributed by atoms with Crippen molar-refractivity contribution in [1.29, 1.82) is 0 Å². The van der Waals surface area contributed by atoms with Crippen molar-refractivity contribution in [1.82, 2.24) is 19.2 Å². The van der Waals surface area contributed by atoms with Gasteiger partial charge in [-0.3, -0.25) is 0 Å². The molecular formula is C40H60N6O6S2. The van der Waals surface area contributed by atoms with E-state index >= 15 is 0 Å². The Labute approximate surface area is 322 Å². The van der Waals surface area contributed by atoms with Gasteiger partial charge in [0.25, 0.3) is 0 Å². The number of amides is 4. The van der Waals surface area contributed by atoms with Crippen LogP contribution >= 0.6 is 0 Å². The standard InChI is InChI=1S/C40H60N6O6S2/c1-7-45(5)19-17-26(4)54(51,52)44-40(48)42-38-34-14-10-11-27(34)21-29-15-16-32(36(29)38)31-23-30-22-28-12-9-13-33(28)37(35(30)24-31)41-39(47)43-53(49,50)20-18-25(3)46(6)8-2/h21-22,25-26,31-32H,7-20,23-24H2,1-6H3,(H2,41,43,47)(H2,42,44,48). The Bertz CT molecular complexity index is 1980. The monoisotopic (exact) mass is 784 g/mol. The largest absolute Gasteiger partial charge is 0.332 e. The van der Waals surface area contributed by atoms with E-state index in [1.54, 1.807) is 6.92 Å². The minimum atomic E-state index is -3.89. The maximum Gasteiger partial charge on any atom is 0.332 e. The van der Waals surface area contributed by atoms with Crippen LogP contribution in [0.15, 0.2) is 12.1 Å². The molecule has 0 aromatic heterocycles. The number of benzene rings is 2. The van der Waals surface area contributed by atoms with Crippen LogP contribution in [0.1, 0.15) is 110 Å². The van der Waals surface area contributed by atoms with Crippen molar-refractivity contribution in [2.45, 2.75) is 122 Å². The fraction of sp³-hybridized carbons (Fsp3) is 0.650. The van der Waals surface area contributed by atoms with E-state index in [0.717, 1.165) is 111 Å². The average Bonchev–Trinajstić information content (AvgIpc) is 3.94. The molecule has 2 aromatic carbocycles. The summed E-state index contributed by atoms with van der Waals surface area (Å²) in [7, 11) is -3.83. The lowest BCUT2D eigenvalue weighted by atomic mass is 9.83. The zero-order valence-electron chi connectivity index (χ0n) is 32.9. The lowest BCUT2D eigenvalue weighted by molar-refractivity contribution is 0.255. The van der Waals surface area contributed by atoms with Gasteiger partial charge in [0.05, 0.1) is 11.0 Å². The molecule has 0 radical (unpaired) electrons. The molecule has 14 heteroatoms. The Morgan fingerprint density at radius 1 is 0.759 bits per heavy atom. The van der Waals surface area contributed by atoms with Gasteiger partial charge in [-0.05, 0) is 181 Å². The molecule has 0 aliphatic heterocycles. The van der Waals surface area contributed by atoms with Gasteiger partial charge in [-0.15, -0.1) is 0 Å². The van der Waals surface area contributed by atoms with Crippen LogP contribution < -0.4 is 20.1 Å². The topological polar surface area (TPSA) is 157 Å². The van der Waals surface area contributed by atoms with Crippen LogP contribution in [0.25, 0.3) is 0 Å². The van der Waals surface area contributed by atoms with E-state index in [2.05, 4.69) is 37.1 Å². The van der Waals surface area contributed by atoms with Crippen LogP contribution in [-0.2, 0) is 65.0 Å². The third-order valence-corrected chi connectivity index (χ3v) is 15.8. The molecule has 54 heavy (non-hydrogen) atoms. The minimum Gasteiger partial charge on any atom is -0.307 e. The Hall–Kier alpha value is -3.20. The van der Waals surface area contributed by atoms with Gasteiger partial charge >= 0.3 is 12.1 Å². The quantitative estimate of drug-likeness (QED) is 0.185. The SMILES string of the molecule is CCN(C)CCC(C)S(=O)(=O)NC(=O)Nc1c2c(cc3c1C(C1Cc4cc5c(c(NC(=O)NS(=O)(=O)CCC(C)N(C)CC)c4C1)CCC5)CC3)CCC2. The van der Waals surface area contributed by atoms with E-state index < -0.39 is 37.4 Å². The van der Waals surface area contributed by atoms with E-state index in [4.69, 9.17) is 0 Å². The summed E-state index contributed by atoms with van der Waals surface area (Å²) in [6.45, 7) is 9.90. The van der Waals surface area contributed by atoms with Gasteiger partial charge in [-0.1, -0.05) is 26.0 Å². The number of nitrogens with one attached hydrogen (secondary N) is 4. The molecule has 2 aromatic rings. The number of rotatable bonds is 15. The first kappa shape index (κ1) is 40.5. The van der Waals surface area contributed by atoms with E-state index in [-0.39, 0.29) is 23.6 Å². The molecule has 0 spiro atoms. The fourth-order valence-corrected chi connectivity index (χ4v) is 11.1. The Balaban J connectivity index is 1.21. The molecule has 4 amide bonds. The van der Waals surface area contributed by atoms with Crippen molar-refractivity contribution >= 4 is 43.5 Å². The molecule has 0 bridgehead atoms. The molecule has 0 saturated heterocycles. The van der Waals surface area contributed by atoms with E-state index in [0.29, 0.717) is 19.4 Å². The maximum atomic E-state index is 13.5. The molecule has 0 fully saturated rings. The summed E-state index contributed by atoms with van der Waals surface area (Å²) in [6.07, 6.45) is 9.65. The van der Waals surface area contributed by atoms with Crippen LogP contribution in [-0.4, -0.2) is 89.5 Å². The first-order valence-electron chi connectivity index (χ1n) is 20.0. The van der Waals surface area contributed by atoms with Gasteiger partial charge in [0, 0.05) is 17.4 Å². The van der Waals surface area contributed by atoms with Crippen molar-refractivity contribution in [2.75, 3.05) is 50.1 Å². The van der Waals surface area contributed by atoms with Crippen LogP contribution in [0.5, 0.6) is 0 Å². The van der Waals surface area contributed by atoms with E-state index in [1.165, 1.54) is 22.3 Å². The number of anilines is 2. The normalized spacial score (nSPS) is 20.0. The predicted molar refractivity (Wildman–Crippen MR) is 216 cm³/mol. The smallest absolute Gasteiger partial charge is 0.307 e. The second kappa shape index (κ2) is 16.5. The third kappa shape index (κ3) is 8.76. The highest BCUT2D eigenvalue weighted by atomic mass is 32.2. The first-order valence-corrected chi connectivity index (χ1v) is 23.2. The highest BCUT2D eigenvalue weighted by Gasteiger charge is 2.40. The molecular weight excluding hydrogens is 725 g/mol. The number of carbonyl (C=O) groups is 2. The van der Waals surface area contributed by atoms with Gasteiger partial charge in [0.15, 0.2) is 0 Å². The molecule has 0 saturated carbocycles. The molecule has 4 atom stereocenters. The highest BCUT2D eigenvalue weighted by molar-refractivity contribution is 7.90. The second-order valence-corrected chi connectivity index (χ2v) is 20.1. The molecule has 4 unspecified atom stereocenters. The van der Waals surface area contributed by atoms with Crippen LogP contribution in [0.4, 0.5) is 21.0 Å². The van der Waals surface area contributed by atoms with Crippen LogP contribution in [0.3, 0.4) is 0 Å². The predicted octanol–water partition coefficient (Wildman–Crippen LogP) is 5.47. The number of nitrogens with zero attached hydrogens (tertiary/aromatic N) is 2. The number of urea groups is 2. The molecule has 298 valence electrons. The van der Waals surface area contributed by atoms with Gasteiger partial charge in [0.1, 0.15) is 0 Å². The Morgan fingerprint density at radius 3 is 2.06 bits per heavy atom. The van der Waals surface area contributed by atoms with Crippen molar-refractivity contribution in [3.63, 3.8) is 0 Å². The zero-order chi connectivity index (χ0) is 38.9. The highest BCUT2D eigenvalue weighted by Crippen LogP contribution is 2.51. The average molecular weight is 785 g/mol. The number of carbonyl (C=O) groups excluding carboxylic acids is 2. The first-order chi connectivity index (χ1) is 25.6. The molecule has 4 N–H and O–H groups in total. The van der Waals surface area contributed by atoms with Crippen molar-refractivity contribution < 1.29 is 26.4 Å². The van der Waals surface area contributed by atoms with E-state index in [9.17, 15) is 26.4 Å². The Kier molecular flexibility index (Phi) is 12.4. The lowest BCUT2D eigenvalue weighted by Crippen LogP contribution is -2.41. The zero-order valence-corrected chi connectivity index (χ0v) is 34.6. The van der Waals surface area contributed by atoms with Crippen LogP contribution in [0, 0.1) is 5.92 Å². The summed E-state index contributed by atoms with van der Waals surface area (Å²) >= 11 is 0. The van der Waals surface area contributed by atoms with Gasteiger partial charge in [-0.2, -0.15) is 0 Å². The van der Waals surface area contributed by atoms with E-state index in [1.807, 2.05) is 39.8 Å². The molecule has 6 rings (SSSR count). The molecule has 12 nitrogen and oxygen atoms in total. The van der Waals surface area contributed by atoms with Gasteiger partial charge in [0.2, 0.25) is 20.0 Å². The van der Waals surface area contributed by atoms with Crippen molar-refractivity contribution in [2.24, 2.45) is 5.92 Å². The number of hydrogen-bond acceptors (Lipinski definition) is 8. The number of fused-ring (bicyclic) bond motifs is 4. The van der Waals surface area contributed by atoms with Crippen molar-refractivity contribution in [3.8, 4) is 0 Å². The molecule has 4 aliphatic rings. The lowest BCUT2D eigenvalue weighted by Gasteiger charge is -2.25. The van der Waals surface area contributed by atoms with Gasteiger partial charge in [-0.25, -0.2) is 35.9 Å². The summed E-state index contributed by atoms with van der Waals surface area (Å²) in [6, 6.07) is 3.22. The number of aryl methyl sites for hydroxylation is 3. The fourth-order valence-electron chi connectivity index (χ4n) is 9.12. The second-order valence-electron chi connectivity index (χ2n) is 16.2. The Morgan fingerprint density at radius 2 is 1.39 bits per heavy atom. The minimum absolute atomic E-state index is 0.0682. The van der Waals surface area contributed by atoms with Crippen molar-refractivity contribution in [3.05, 3.63) is 56.6 Å². The summed E-state index contributed by atoms with van der Waals surface area (Å²) < 4.78 is 56.9. The number of sulfonamides is 2. The molecule has 0 heterocycles. The molecule has 4 aliphatic carbocycles. The van der Waals surface area contributed by atoms with Crippen LogP contribution in [0.2, 0.25) is 0 Å². The summed E-state index contributed by atoms with van der Waals surface area (Å²) in [5.74, 6) is 0.198. The maximum absolute atomic E-state index is 13.5.